The highest BCUT2D eigenvalue weighted by Gasteiger charge is 2.40. The molecule has 3 aromatic rings. The van der Waals surface area contributed by atoms with Gasteiger partial charge in [-0.2, -0.15) is 26.3 Å². The van der Waals surface area contributed by atoms with Gasteiger partial charge in [-0.1, -0.05) is 60.2 Å². The van der Waals surface area contributed by atoms with Gasteiger partial charge in [-0.3, -0.25) is 4.79 Å². The average molecular weight is 491 g/mol. The highest BCUT2D eigenvalue weighted by molar-refractivity contribution is 5.97. The Morgan fingerprint density at radius 1 is 0.829 bits per heavy atom. The number of halogens is 6. The summed E-state index contributed by atoms with van der Waals surface area (Å²) in [6.45, 7) is 5.26. The second-order valence-corrected chi connectivity index (χ2v) is 8.31. The maximum absolute atomic E-state index is 14.3. The Balaban J connectivity index is 2.10. The van der Waals surface area contributed by atoms with E-state index in [-0.39, 0.29) is 16.7 Å². The van der Waals surface area contributed by atoms with Crippen molar-refractivity contribution < 1.29 is 31.1 Å². The molecule has 1 N–H and O–H groups in total. The average Bonchev–Trinajstić information content (AvgIpc) is 2.75. The Labute approximate surface area is 199 Å². The molecule has 0 saturated carbocycles. The molecule has 0 fully saturated rings. The zero-order valence-electron chi connectivity index (χ0n) is 19.2. The van der Waals surface area contributed by atoms with E-state index in [1.807, 2.05) is 6.92 Å². The first-order valence-electron chi connectivity index (χ1n) is 10.7. The molecule has 8 heteroatoms. The predicted molar refractivity (Wildman–Crippen MR) is 123 cm³/mol. The topological polar surface area (TPSA) is 29.1 Å². The minimum absolute atomic E-state index is 0.0804. The highest BCUT2D eigenvalue weighted by atomic mass is 19.4. The van der Waals surface area contributed by atoms with E-state index in [9.17, 15) is 31.1 Å². The molecule has 0 saturated heterocycles. The lowest BCUT2D eigenvalue weighted by molar-refractivity contribution is -0.137. The first kappa shape index (κ1) is 26.1. The second-order valence-electron chi connectivity index (χ2n) is 8.31. The summed E-state index contributed by atoms with van der Waals surface area (Å²) in [6.07, 6.45) is -8.74. The van der Waals surface area contributed by atoms with Crippen LogP contribution in [0.2, 0.25) is 0 Å². The number of benzene rings is 3. The van der Waals surface area contributed by atoms with E-state index >= 15 is 0 Å². The van der Waals surface area contributed by atoms with Crippen LogP contribution in [0.15, 0.2) is 72.3 Å². The van der Waals surface area contributed by atoms with E-state index in [1.54, 1.807) is 44.2 Å². The van der Waals surface area contributed by atoms with Gasteiger partial charge < -0.3 is 5.32 Å². The van der Waals surface area contributed by atoms with Gasteiger partial charge in [0.25, 0.3) is 5.91 Å². The maximum Gasteiger partial charge on any atom is 0.416 e. The van der Waals surface area contributed by atoms with Gasteiger partial charge in [0.05, 0.1) is 17.2 Å². The standard InChI is InChI=1S/C27H23F6NO/c1-16-13-17(2)23(18(3)14-16)25(35)34-24(20-7-5-4-6-8-20)22(27(31,32)33)15-19-9-11-21(12-10-19)26(28,29)30/h4-15,24H,1-3H3,(H,34,35)/b22-15-. The van der Waals surface area contributed by atoms with Crippen molar-refractivity contribution in [3.8, 4) is 0 Å². The normalized spacial score (nSPS) is 13.5. The molecule has 2 nitrogen and oxygen atoms in total. The van der Waals surface area contributed by atoms with E-state index in [1.165, 1.54) is 12.1 Å². The molecule has 1 amide bonds. The third kappa shape index (κ3) is 6.32. The van der Waals surface area contributed by atoms with Crippen molar-refractivity contribution in [2.45, 2.75) is 39.2 Å². The van der Waals surface area contributed by atoms with Crippen molar-refractivity contribution in [1.82, 2.24) is 5.32 Å². The Kier molecular flexibility index (Phi) is 7.43. The highest BCUT2D eigenvalue weighted by Crippen LogP contribution is 2.38. The van der Waals surface area contributed by atoms with Crippen LogP contribution in [0.4, 0.5) is 26.3 Å². The molecule has 0 aliphatic carbocycles. The lowest BCUT2D eigenvalue weighted by atomic mass is 9.94. The van der Waals surface area contributed by atoms with E-state index < -0.39 is 35.4 Å². The van der Waals surface area contributed by atoms with Crippen LogP contribution in [0.1, 0.15) is 49.8 Å². The number of aryl methyl sites for hydroxylation is 3. The molecule has 0 aromatic heterocycles. The fourth-order valence-electron chi connectivity index (χ4n) is 4.00. The summed E-state index contributed by atoms with van der Waals surface area (Å²) in [5.41, 5.74) is 0.434. The number of amides is 1. The number of hydrogen-bond acceptors (Lipinski definition) is 1. The molecular formula is C27H23F6NO. The molecule has 3 rings (SSSR count). The van der Waals surface area contributed by atoms with Crippen LogP contribution in [0.3, 0.4) is 0 Å². The van der Waals surface area contributed by atoms with Crippen LogP contribution in [-0.2, 0) is 6.18 Å². The summed E-state index contributed by atoms with van der Waals surface area (Å²) in [6, 6.07) is 12.9. The van der Waals surface area contributed by atoms with Gasteiger partial charge in [0, 0.05) is 5.56 Å². The second kappa shape index (κ2) is 9.98. The smallest absolute Gasteiger partial charge is 0.341 e. The van der Waals surface area contributed by atoms with E-state index in [0.29, 0.717) is 11.1 Å². The number of hydrogen-bond donors (Lipinski definition) is 1. The van der Waals surface area contributed by atoms with Gasteiger partial charge in [0.15, 0.2) is 0 Å². The first-order chi connectivity index (χ1) is 16.3. The fraction of sp³-hybridized carbons (Fsp3) is 0.222. The molecule has 0 aliphatic heterocycles. The number of alkyl halides is 6. The van der Waals surface area contributed by atoms with Crippen LogP contribution in [-0.4, -0.2) is 12.1 Å². The molecule has 0 aliphatic rings. The molecule has 0 radical (unpaired) electrons. The summed E-state index contributed by atoms with van der Waals surface area (Å²) in [5.74, 6) is -0.684. The van der Waals surface area contributed by atoms with Crippen molar-refractivity contribution in [2.24, 2.45) is 0 Å². The predicted octanol–water partition coefficient (Wildman–Crippen LogP) is 7.75. The molecule has 184 valence electrons. The van der Waals surface area contributed by atoms with Crippen LogP contribution in [0.25, 0.3) is 6.08 Å². The summed E-state index contributed by atoms with van der Waals surface area (Å²) in [5, 5.41) is 2.51. The van der Waals surface area contributed by atoms with Crippen molar-refractivity contribution >= 4 is 12.0 Å². The zero-order chi connectivity index (χ0) is 26.0. The summed E-state index contributed by atoms with van der Waals surface area (Å²) in [7, 11) is 0. The summed E-state index contributed by atoms with van der Waals surface area (Å²) in [4.78, 5) is 13.2. The zero-order valence-corrected chi connectivity index (χ0v) is 19.2. The van der Waals surface area contributed by atoms with Crippen molar-refractivity contribution in [1.29, 1.82) is 0 Å². The fourth-order valence-corrected chi connectivity index (χ4v) is 4.00. The van der Waals surface area contributed by atoms with Gasteiger partial charge >= 0.3 is 12.4 Å². The Morgan fingerprint density at radius 3 is 1.86 bits per heavy atom. The third-order valence-electron chi connectivity index (χ3n) is 5.51. The van der Waals surface area contributed by atoms with Crippen LogP contribution in [0.5, 0.6) is 0 Å². The first-order valence-corrected chi connectivity index (χ1v) is 10.7. The summed E-state index contributed by atoms with van der Waals surface area (Å²) < 4.78 is 81.4. The van der Waals surface area contributed by atoms with E-state index in [4.69, 9.17) is 0 Å². The lowest BCUT2D eigenvalue weighted by Gasteiger charge is -2.25. The SMILES string of the molecule is Cc1cc(C)c(C(=O)NC(/C(=C/c2ccc(C(F)(F)F)cc2)C(F)(F)F)c2ccccc2)c(C)c1. The van der Waals surface area contributed by atoms with Gasteiger partial charge in [-0.15, -0.1) is 0 Å². The van der Waals surface area contributed by atoms with Crippen molar-refractivity contribution in [3.63, 3.8) is 0 Å². The third-order valence-corrected chi connectivity index (χ3v) is 5.51. The molecule has 1 atom stereocenters. The van der Waals surface area contributed by atoms with E-state index in [0.717, 1.165) is 35.9 Å². The van der Waals surface area contributed by atoms with Crippen LogP contribution in [0, 0.1) is 20.8 Å². The van der Waals surface area contributed by atoms with Crippen molar-refractivity contribution in [3.05, 3.63) is 111 Å². The van der Waals surface area contributed by atoms with Gasteiger partial charge in [-0.25, -0.2) is 0 Å². The van der Waals surface area contributed by atoms with E-state index in [2.05, 4.69) is 5.32 Å². The largest absolute Gasteiger partial charge is 0.416 e. The molecular weight excluding hydrogens is 468 g/mol. The Hall–Kier alpha value is -3.55. The number of carbonyl (C=O) groups excluding carboxylic acids is 1. The summed E-state index contributed by atoms with van der Waals surface area (Å²) >= 11 is 0. The Morgan fingerprint density at radius 2 is 1.37 bits per heavy atom. The van der Waals surface area contributed by atoms with Crippen molar-refractivity contribution in [2.75, 3.05) is 0 Å². The minimum atomic E-state index is -4.88. The molecule has 3 aromatic carbocycles. The Bertz CT molecular complexity index is 1200. The molecule has 1 unspecified atom stereocenters. The monoisotopic (exact) mass is 491 g/mol. The lowest BCUT2D eigenvalue weighted by Crippen LogP contribution is -2.35. The van der Waals surface area contributed by atoms with Gasteiger partial charge in [0.1, 0.15) is 0 Å². The molecule has 0 spiro atoms. The molecule has 0 heterocycles. The quantitative estimate of drug-likeness (QED) is 0.363. The minimum Gasteiger partial charge on any atom is -0.341 e. The van der Waals surface area contributed by atoms with Gasteiger partial charge in [0.2, 0.25) is 0 Å². The van der Waals surface area contributed by atoms with Gasteiger partial charge in [-0.05, 0) is 61.2 Å². The number of carbonyl (C=O) groups is 1. The molecule has 0 bridgehead atoms. The number of nitrogens with one attached hydrogen (secondary N) is 1. The maximum atomic E-state index is 14.3. The number of rotatable bonds is 5. The van der Waals surface area contributed by atoms with Crippen LogP contribution >= 0.6 is 0 Å². The molecule has 35 heavy (non-hydrogen) atoms. The van der Waals surface area contributed by atoms with Crippen LogP contribution < -0.4 is 5.32 Å².